The monoisotopic (exact) mass is 309 g/mol. The van der Waals surface area contributed by atoms with Crippen LogP contribution in [0.2, 0.25) is 0 Å². The number of benzene rings is 2. The molecule has 0 fully saturated rings. The van der Waals surface area contributed by atoms with E-state index in [0.717, 1.165) is 22.5 Å². The Bertz CT molecular complexity index is 712. The SMILES string of the molecule is NC(=O)CSc1nc(-c2ccccc2)c(-c2ccccc2)[nH]1. The van der Waals surface area contributed by atoms with Gasteiger partial charge < -0.3 is 10.7 Å². The van der Waals surface area contributed by atoms with Crippen LogP contribution in [0, 0.1) is 0 Å². The van der Waals surface area contributed by atoms with Gasteiger partial charge in [0.25, 0.3) is 0 Å². The van der Waals surface area contributed by atoms with Crippen molar-refractivity contribution in [1.82, 2.24) is 9.97 Å². The minimum atomic E-state index is -0.357. The molecule has 0 aliphatic carbocycles. The molecular formula is C17H15N3OS. The molecule has 1 heterocycles. The van der Waals surface area contributed by atoms with Crippen molar-refractivity contribution >= 4 is 17.7 Å². The van der Waals surface area contributed by atoms with Crippen molar-refractivity contribution in [3.05, 3.63) is 60.7 Å². The molecule has 0 saturated carbocycles. The minimum absolute atomic E-state index is 0.204. The molecule has 1 amide bonds. The number of primary amides is 1. The van der Waals surface area contributed by atoms with Crippen LogP contribution in [0.15, 0.2) is 65.8 Å². The number of hydrogen-bond acceptors (Lipinski definition) is 3. The summed E-state index contributed by atoms with van der Waals surface area (Å²) in [5.74, 6) is -0.153. The van der Waals surface area contributed by atoms with Crippen LogP contribution in [-0.4, -0.2) is 21.6 Å². The lowest BCUT2D eigenvalue weighted by Crippen LogP contribution is -2.13. The number of rotatable bonds is 5. The molecule has 5 heteroatoms. The van der Waals surface area contributed by atoms with E-state index in [2.05, 4.69) is 9.97 Å². The molecule has 1 aromatic heterocycles. The van der Waals surface area contributed by atoms with Gasteiger partial charge >= 0.3 is 0 Å². The molecule has 0 bridgehead atoms. The quantitative estimate of drug-likeness (QED) is 0.710. The van der Waals surface area contributed by atoms with Gasteiger partial charge in [0.15, 0.2) is 5.16 Å². The molecule has 4 nitrogen and oxygen atoms in total. The number of thioether (sulfide) groups is 1. The van der Waals surface area contributed by atoms with Crippen molar-refractivity contribution in [2.24, 2.45) is 5.73 Å². The van der Waals surface area contributed by atoms with Crippen molar-refractivity contribution in [2.75, 3.05) is 5.75 Å². The second-order valence-corrected chi connectivity index (χ2v) is 5.72. The highest BCUT2D eigenvalue weighted by molar-refractivity contribution is 7.99. The summed E-state index contributed by atoms with van der Waals surface area (Å²) in [6, 6.07) is 20.0. The normalized spacial score (nSPS) is 10.5. The fourth-order valence-corrected chi connectivity index (χ4v) is 2.79. The molecule has 0 atom stereocenters. The summed E-state index contributed by atoms with van der Waals surface area (Å²) in [6.07, 6.45) is 0. The zero-order valence-electron chi connectivity index (χ0n) is 11.8. The van der Waals surface area contributed by atoms with Crippen molar-refractivity contribution < 1.29 is 4.79 Å². The third kappa shape index (κ3) is 3.20. The van der Waals surface area contributed by atoms with E-state index in [4.69, 9.17) is 5.73 Å². The summed E-state index contributed by atoms with van der Waals surface area (Å²) >= 11 is 1.31. The summed E-state index contributed by atoms with van der Waals surface area (Å²) < 4.78 is 0. The number of nitrogens with one attached hydrogen (secondary N) is 1. The molecule has 0 spiro atoms. The first-order chi connectivity index (χ1) is 10.7. The Kier molecular flexibility index (Phi) is 4.25. The number of carbonyl (C=O) groups excluding carboxylic acids is 1. The van der Waals surface area contributed by atoms with Crippen molar-refractivity contribution in [3.63, 3.8) is 0 Å². The summed E-state index contributed by atoms with van der Waals surface area (Å²) in [5, 5.41) is 0.691. The van der Waals surface area contributed by atoms with Gasteiger partial charge in [-0.05, 0) is 0 Å². The number of nitrogens with zero attached hydrogens (tertiary/aromatic N) is 1. The zero-order valence-corrected chi connectivity index (χ0v) is 12.6. The van der Waals surface area contributed by atoms with E-state index in [-0.39, 0.29) is 11.7 Å². The Labute approximate surface area is 132 Å². The van der Waals surface area contributed by atoms with Gasteiger partial charge in [-0.1, -0.05) is 72.4 Å². The number of amides is 1. The summed E-state index contributed by atoms with van der Waals surface area (Å²) in [5.41, 5.74) is 9.11. The lowest BCUT2D eigenvalue weighted by molar-refractivity contribution is -0.115. The Balaban J connectivity index is 2.04. The smallest absolute Gasteiger partial charge is 0.227 e. The second kappa shape index (κ2) is 6.49. The van der Waals surface area contributed by atoms with Crippen LogP contribution in [0.1, 0.15) is 0 Å². The fraction of sp³-hybridized carbons (Fsp3) is 0.0588. The van der Waals surface area contributed by atoms with Crippen LogP contribution in [0.3, 0.4) is 0 Å². The van der Waals surface area contributed by atoms with Crippen molar-refractivity contribution in [3.8, 4) is 22.5 Å². The molecule has 0 aliphatic rings. The van der Waals surface area contributed by atoms with Gasteiger partial charge in [-0.2, -0.15) is 0 Å². The van der Waals surface area contributed by atoms with Gasteiger partial charge in [-0.25, -0.2) is 4.98 Å². The summed E-state index contributed by atoms with van der Waals surface area (Å²) in [7, 11) is 0. The average Bonchev–Trinajstić information content (AvgIpc) is 2.99. The summed E-state index contributed by atoms with van der Waals surface area (Å²) in [6.45, 7) is 0. The molecule has 0 unspecified atom stereocenters. The topological polar surface area (TPSA) is 71.8 Å². The molecule has 0 aliphatic heterocycles. The van der Waals surface area contributed by atoms with Gasteiger partial charge in [0.2, 0.25) is 5.91 Å². The molecular weight excluding hydrogens is 294 g/mol. The number of aromatic nitrogens is 2. The Hall–Kier alpha value is -2.53. The predicted octanol–water partition coefficient (Wildman–Crippen LogP) is 3.32. The van der Waals surface area contributed by atoms with E-state index in [1.807, 2.05) is 60.7 Å². The Morgan fingerprint density at radius 3 is 2.18 bits per heavy atom. The maximum Gasteiger partial charge on any atom is 0.227 e. The molecule has 0 radical (unpaired) electrons. The molecule has 3 aromatic rings. The van der Waals surface area contributed by atoms with E-state index < -0.39 is 0 Å². The van der Waals surface area contributed by atoms with Crippen LogP contribution in [0.4, 0.5) is 0 Å². The lowest BCUT2D eigenvalue weighted by Gasteiger charge is -2.02. The third-order valence-electron chi connectivity index (χ3n) is 3.14. The molecule has 3 rings (SSSR count). The van der Waals surface area contributed by atoms with Crippen molar-refractivity contribution in [2.45, 2.75) is 5.16 Å². The average molecular weight is 309 g/mol. The highest BCUT2D eigenvalue weighted by atomic mass is 32.2. The van der Waals surface area contributed by atoms with E-state index in [0.29, 0.717) is 5.16 Å². The molecule has 22 heavy (non-hydrogen) atoms. The van der Waals surface area contributed by atoms with E-state index in [9.17, 15) is 4.79 Å². The van der Waals surface area contributed by atoms with Crippen LogP contribution >= 0.6 is 11.8 Å². The van der Waals surface area contributed by atoms with Crippen LogP contribution in [0.5, 0.6) is 0 Å². The van der Waals surface area contributed by atoms with Crippen LogP contribution < -0.4 is 5.73 Å². The first-order valence-corrected chi connectivity index (χ1v) is 7.84. The molecule has 0 saturated heterocycles. The number of H-pyrrole nitrogens is 1. The fourth-order valence-electron chi connectivity index (χ4n) is 2.18. The number of aromatic amines is 1. The maximum absolute atomic E-state index is 11.0. The van der Waals surface area contributed by atoms with Gasteiger partial charge in [-0.3, -0.25) is 4.79 Å². The first kappa shape index (κ1) is 14.4. The van der Waals surface area contributed by atoms with Crippen molar-refractivity contribution in [1.29, 1.82) is 0 Å². The Morgan fingerprint density at radius 1 is 1.00 bits per heavy atom. The standard InChI is InChI=1S/C17H15N3OS/c18-14(21)11-22-17-19-15(12-7-3-1-4-8-12)16(20-17)13-9-5-2-6-10-13/h1-10H,11H2,(H2,18,21)(H,19,20). The molecule has 110 valence electrons. The van der Waals surface area contributed by atoms with E-state index in [1.165, 1.54) is 11.8 Å². The molecule has 3 N–H and O–H groups in total. The highest BCUT2D eigenvalue weighted by Crippen LogP contribution is 2.32. The number of hydrogen-bond donors (Lipinski definition) is 2. The third-order valence-corrected chi connectivity index (χ3v) is 4.04. The highest BCUT2D eigenvalue weighted by Gasteiger charge is 2.14. The van der Waals surface area contributed by atoms with Crippen LogP contribution in [0.25, 0.3) is 22.5 Å². The maximum atomic E-state index is 11.0. The predicted molar refractivity (Wildman–Crippen MR) is 89.4 cm³/mol. The number of imidazole rings is 1. The minimum Gasteiger partial charge on any atom is -0.369 e. The second-order valence-electron chi connectivity index (χ2n) is 4.75. The van der Waals surface area contributed by atoms with Gasteiger partial charge in [0, 0.05) is 11.1 Å². The zero-order chi connectivity index (χ0) is 15.4. The number of carbonyl (C=O) groups is 1. The first-order valence-electron chi connectivity index (χ1n) is 6.86. The molecule has 2 aromatic carbocycles. The van der Waals surface area contributed by atoms with Crippen LogP contribution in [-0.2, 0) is 4.79 Å². The van der Waals surface area contributed by atoms with E-state index in [1.54, 1.807) is 0 Å². The van der Waals surface area contributed by atoms with Gasteiger partial charge in [0.1, 0.15) is 0 Å². The van der Waals surface area contributed by atoms with E-state index >= 15 is 0 Å². The van der Waals surface area contributed by atoms with Gasteiger partial charge in [-0.15, -0.1) is 0 Å². The Morgan fingerprint density at radius 2 is 1.59 bits per heavy atom. The lowest BCUT2D eigenvalue weighted by atomic mass is 10.1. The van der Waals surface area contributed by atoms with Gasteiger partial charge in [0.05, 0.1) is 17.1 Å². The largest absolute Gasteiger partial charge is 0.369 e. The summed E-state index contributed by atoms with van der Waals surface area (Å²) in [4.78, 5) is 18.9. The number of nitrogens with two attached hydrogens (primary N) is 1.